The maximum Gasteiger partial charge on any atom is 0.272 e. The Morgan fingerprint density at radius 2 is 1.73 bits per heavy atom. The number of hydrogen-bond donors (Lipinski definition) is 3. The highest BCUT2D eigenvalue weighted by molar-refractivity contribution is 7.92. The van der Waals surface area contributed by atoms with E-state index in [1.807, 2.05) is 27.7 Å². The zero-order chi connectivity index (χ0) is 20.1. The summed E-state index contributed by atoms with van der Waals surface area (Å²) in [4.78, 5) is 24.8. The fraction of sp³-hybridized carbons (Fsp3) is 0.625. The molecule has 26 heavy (non-hydrogen) atoms. The second-order valence-corrected chi connectivity index (χ2v) is 10.4. The van der Waals surface area contributed by atoms with Crippen LogP contribution in [0.1, 0.15) is 40.5 Å². The van der Waals surface area contributed by atoms with Crippen LogP contribution in [0.2, 0.25) is 4.34 Å². The predicted octanol–water partition coefficient (Wildman–Crippen LogP) is 2.53. The van der Waals surface area contributed by atoms with Gasteiger partial charge in [0.25, 0.3) is 5.91 Å². The van der Waals surface area contributed by atoms with Crippen molar-refractivity contribution in [2.75, 3.05) is 0 Å². The average Bonchev–Trinajstić information content (AvgIpc) is 2.92. The van der Waals surface area contributed by atoms with E-state index in [0.29, 0.717) is 17.2 Å². The molecule has 0 radical (unpaired) electrons. The molecule has 0 saturated heterocycles. The van der Waals surface area contributed by atoms with Crippen LogP contribution in [0.3, 0.4) is 0 Å². The van der Waals surface area contributed by atoms with Crippen molar-refractivity contribution in [3.05, 3.63) is 15.8 Å². The fourth-order valence-electron chi connectivity index (χ4n) is 2.20. The van der Waals surface area contributed by atoms with Crippen molar-refractivity contribution in [2.24, 2.45) is 27.7 Å². The lowest BCUT2D eigenvalue weighted by molar-refractivity contribution is -0.120. The van der Waals surface area contributed by atoms with Gasteiger partial charge in [-0.15, -0.1) is 15.7 Å². The first-order valence-electron chi connectivity index (χ1n) is 8.32. The Kier molecular flexibility index (Phi) is 8.68. The SMILES string of the molecule is CC(C)CC(N)C(=O)N=S(=O)(NC(=O)C(N)CC(C)C)c1csc(Cl)c1. The fourth-order valence-corrected chi connectivity index (χ4v) is 5.11. The van der Waals surface area contributed by atoms with Gasteiger partial charge in [-0.3, -0.25) is 14.3 Å². The Morgan fingerprint density at radius 3 is 2.19 bits per heavy atom. The van der Waals surface area contributed by atoms with Crippen LogP contribution in [-0.2, 0) is 19.5 Å². The third kappa shape index (κ3) is 6.96. The van der Waals surface area contributed by atoms with Crippen molar-refractivity contribution in [3.8, 4) is 0 Å². The number of carbonyl (C=O) groups is 2. The number of hydrogen-bond acceptors (Lipinski definition) is 6. The molecule has 10 heteroatoms. The number of carbonyl (C=O) groups excluding carboxylic acids is 2. The molecule has 0 aliphatic heterocycles. The predicted molar refractivity (Wildman–Crippen MR) is 106 cm³/mol. The quantitative estimate of drug-likeness (QED) is 0.593. The molecule has 0 saturated carbocycles. The first-order valence-corrected chi connectivity index (χ1v) is 11.1. The third-order valence-corrected chi connectivity index (χ3v) is 6.45. The molecule has 1 heterocycles. The van der Waals surface area contributed by atoms with E-state index < -0.39 is 33.8 Å². The Hall–Kier alpha value is -1.00. The summed E-state index contributed by atoms with van der Waals surface area (Å²) in [6.45, 7) is 7.66. The van der Waals surface area contributed by atoms with Crippen molar-refractivity contribution in [3.63, 3.8) is 0 Å². The molecule has 0 aliphatic carbocycles. The standard InChI is InChI=1S/C16H27ClN4O3S2/c1-9(2)5-12(18)15(22)20-26(24,11-7-14(17)25-8-11)21-16(23)13(19)6-10(3)4/h7-10,12-13H,5-6,18-19H2,1-4H3,(H,20,21,22,23,24). The van der Waals surface area contributed by atoms with Crippen LogP contribution in [0.5, 0.6) is 0 Å². The molecular weight excluding hydrogens is 396 g/mol. The van der Waals surface area contributed by atoms with E-state index in [0.717, 1.165) is 11.3 Å². The summed E-state index contributed by atoms with van der Waals surface area (Å²) >= 11 is 7.03. The van der Waals surface area contributed by atoms with Crippen molar-refractivity contribution in [1.82, 2.24) is 4.72 Å². The van der Waals surface area contributed by atoms with E-state index in [4.69, 9.17) is 23.1 Å². The maximum absolute atomic E-state index is 13.3. The van der Waals surface area contributed by atoms with E-state index in [9.17, 15) is 13.8 Å². The van der Waals surface area contributed by atoms with Gasteiger partial charge in [-0.2, -0.15) is 0 Å². The van der Waals surface area contributed by atoms with E-state index in [2.05, 4.69) is 9.08 Å². The summed E-state index contributed by atoms with van der Waals surface area (Å²) in [6, 6.07) is -0.348. The van der Waals surface area contributed by atoms with Gasteiger partial charge in [-0.1, -0.05) is 39.3 Å². The molecule has 3 atom stereocenters. The topological polar surface area (TPSA) is 128 Å². The molecule has 2 amide bonds. The molecule has 148 valence electrons. The molecule has 5 N–H and O–H groups in total. The highest BCUT2D eigenvalue weighted by Gasteiger charge is 2.25. The van der Waals surface area contributed by atoms with Crippen LogP contribution < -0.4 is 16.2 Å². The van der Waals surface area contributed by atoms with Gasteiger partial charge in [0.2, 0.25) is 5.91 Å². The Balaban J connectivity index is 3.20. The monoisotopic (exact) mass is 422 g/mol. The second-order valence-electron chi connectivity index (χ2n) is 6.98. The largest absolute Gasteiger partial charge is 0.320 e. The molecule has 0 bridgehead atoms. The minimum absolute atomic E-state index is 0.155. The molecule has 7 nitrogen and oxygen atoms in total. The number of amides is 2. The molecule has 0 spiro atoms. The first-order chi connectivity index (χ1) is 11.9. The molecule has 1 rings (SSSR count). The van der Waals surface area contributed by atoms with Gasteiger partial charge in [0.05, 0.1) is 21.3 Å². The third-order valence-electron chi connectivity index (χ3n) is 3.42. The number of nitrogens with one attached hydrogen (secondary N) is 1. The van der Waals surface area contributed by atoms with E-state index >= 15 is 0 Å². The summed E-state index contributed by atoms with van der Waals surface area (Å²) < 4.78 is 19.8. The lowest BCUT2D eigenvalue weighted by atomic mass is 10.0. The van der Waals surface area contributed by atoms with Crippen molar-refractivity contribution >= 4 is 44.7 Å². The molecule has 0 aliphatic rings. The van der Waals surface area contributed by atoms with Crippen LogP contribution in [0, 0.1) is 11.8 Å². The molecule has 1 aromatic rings. The Morgan fingerprint density at radius 1 is 1.19 bits per heavy atom. The van der Waals surface area contributed by atoms with Gasteiger partial charge in [0.15, 0.2) is 9.92 Å². The molecule has 0 fully saturated rings. The van der Waals surface area contributed by atoms with Crippen molar-refractivity contribution in [2.45, 2.75) is 57.5 Å². The van der Waals surface area contributed by atoms with E-state index in [-0.39, 0.29) is 16.7 Å². The molecular formula is C16H27ClN4O3S2. The lowest BCUT2D eigenvalue weighted by Gasteiger charge is -2.17. The van der Waals surface area contributed by atoms with Gasteiger partial charge in [0, 0.05) is 5.38 Å². The van der Waals surface area contributed by atoms with E-state index in [1.54, 1.807) is 0 Å². The maximum atomic E-state index is 13.3. The Bertz CT molecular complexity index is 754. The number of halogens is 1. The van der Waals surface area contributed by atoms with E-state index in [1.165, 1.54) is 11.4 Å². The highest BCUT2D eigenvalue weighted by Crippen LogP contribution is 2.25. The van der Waals surface area contributed by atoms with Crippen LogP contribution in [0.4, 0.5) is 0 Å². The second kappa shape index (κ2) is 9.80. The smallest absolute Gasteiger partial charge is 0.272 e. The zero-order valence-electron chi connectivity index (χ0n) is 15.4. The zero-order valence-corrected chi connectivity index (χ0v) is 17.8. The van der Waals surface area contributed by atoms with Gasteiger partial charge in [-0.25, -0.2) is 4.21 Å². The summed E-state index contributed by atoms with van der Waals surface area (Å²) in [5.41, 5.74) is 11.7. The normalized spacial score (nSPS) is 16.2. The van der Waals surface area contributed by atoms with Gasteiger partial charge in [0.1, 0.15) is 0 Å². The van der Waals surface area contributed by atoms with Crippen LogP contribution in [0.15, 0.2) is 20.7 Å². The molecule has 0 aromatic carbocycles. The van der Waals surface area contributed by atoms with Gasteiger partial charge in [-0.05, 0) is 30.7 Å². The van der Waals surface area contributed by atoms with Gasteiger partial charge >= 0.3 is 0 Å². The average molecular weight is 423 g/mol. The highest BCUT2D eigenvalue weighted by atomic mass is 35.5. The van der Waals surface area contributed by atoms with Crippen LogP contribution in [-0.4, -0.2) is 28.1 Å². The van der Waals surface area contributed by atoms with Crippen molar-refractivity contribution < 1.29 is 13.8 Å². The minimum Gasteiger partial charge on any atom is -0.320 e. The lowest BCUT2D eigenvalue weighted by Crippen LogP contribution is -2.44. The first kappa shape index (κ1) is 23.0. The van der Waals surface area contributed by atoms with Gasteiger partial charge < -0.3 is 11.5 Å². The number of nitrogens with two attached hydrogens (primary N) is 2. The molecule has 1 aromatic heterocycles. The number of rotatable bonds is 8. The van der Waals surface area contributed by atoms with Crippen molar-refractivity contribution in [1.29, 1.82) is 0 Å². The summed E-state index contributed by atoms with van der Waals surface area (Å²) in [7, 11) is -3.57. The number of nitrogens with zero attached hydrogens (tertiary/aromatic N) is 1. The minimum atomic E-state index is -3.57. The Labute approximate surface area is 164 Å². The molecule has 3 unspecified atom stereocenters. The number of thiophene rings is 1. The van der Waals surface area contributed by atoms with Crippen LogP contribution >= 0.6 is 22.9 Å². The summed E-state index contributed by atoms with van der Waals surface area (Å²) in [5.74, 6) is -1.02. The summed E-state index contributed by atoms with van der Waals surface area (Å²) in [5, 5.41) is 1.49. The summed E-state index contributed by atoms with van der Waals surface area (Å²) in [6.07, 6.45) is 0.801. The van der Waals surface area contributed by atoms with Crippen LogP contribution in [0.25, 0.3) is 0 Å².